The first-order valence-corrected chi connectivity index (χ1v) is 5.43. The molecule has 13 heavy (non-hydrogen) atoms. The van der Waals surface area contributed by atoms with Crippen molar-refractivity contribution in [3.63, 3.8) is 0 Å². The summed E-state index contributed by atoms with van der Waals surface area (Å²) in [6.07, 6.45) is 3.83. The minimum atomic E-state index is 0.103. The molecule has 6 atom stereocenters. The lowest BCUT2D eigenvalue weighted by atomic mass is 9.70. The Labute approximate surface area is 77.6 Å². The second kappa shape index (κ2) is 1.72. The first-order chi connectivity index (χ1) is 6.22. The van der Waals surface area contributed by atoms with Crippen LogP contribution in [0, 0.1) is 23.7 Å². The predicted octanol–water partition coefficient (Wildman–Crippen LogP) is 1.39. The van der Waals surface area contributed by atoms with E-state index in [1.807, 2.05) is 0 Å². The molecule has 0 aromatic heterocycles. The monoisotopic (exact) mass is 178 g/mol. The van der Waals surface area contributed by atoms with Gasteiger partial charge in [0.15, 0.2) is 0 Å². The third-order valence-electron chi connectivity index (χ3n) is 5.17. The molecule has 2 heteroatoms. The van der Waals surface area contributed by atoms with E-state index in [9.17, 15) is 4.79 Å². The van der Waals surface area contributed by atoms with Gasteiger partial charge in [0.25, 0.3) is 0 Å². The highest BCUT2D eigenvalue weighted by molar-refractivity contribution is 5.89. The van der Waals surface area contributed by atoms with Crippen LogP contribution >= 0.6 is 0 Å². The molecule has 6 unspecified atom stereocenters. The molecule has 0 spiro atoms. The SMILES string of the molecule is CC12OC3CC4C(=O)C3C1CCC42. The third-order valence-corrected chi connectivity index (χ3v) is 5.17. The van der Waals surface area contributed by atoms with Crippen LogP contribution in [0.15, 0.2) is 0 Å². The molecule has 5 fully saturated rings. The summed E-state index contributed by atoms with van der Waals surface area (Å²) in [4.78, 5) is 11.9. The molecule has 6 bridgehead atoms. The van der Waals surface area contributed by atoms with Crippen molar-refractivity contribution < 1.29 is 9.53 Å². The Morgan fingerprint density at radius 2 is 2.15 bits per heavy atom. The van der Waals surface area contributed by atoms with E-state index >= 15 is 0 Å². The van der Waals surface area contributed by atoms with Crippen molar-refractivity contribution in [1.29, 1.82) is 0 Å². The molecule has 2 aliphatic heterocycles. The van der Waals surface area contributed by atoms with Crippen LogP contribution in [0.5, 0.6) is 0 Å². The number of ketones is 1. The summed E-state index contributed by atoms with van der Waals surface area (Å²) in [5, 5.41) is 0. The van der Waals surface area contributed by atoms with Crippen molar-refractivity contribution in [3.05, 3.63) is 0 Å². The fourth-order valence-electron chi connectivity index (χ4n) is 4.73. The van der Waals surface area contributed by atoms with Crippen LogP contribution in [0.3, 0.4) is 0 Å². The molecule has 5 rings (SSSR count). The Bertz CT molecular complexity index is 303. The molecular formula is C11H14O2. The minimum Gasteiger partial charge on any atom is -0.371 e. The number of hydrogen-bond acceptors (Lipinski definition) is 2. The van der Waals surface area contributed by atoms with Gasteiger partial charge in [0.1, 0.15) is 5.78 Å². The summed E-state index contributed by atoms with van der Waals surface area (Å²) in [5.41, 5.74) is 0.103. The number of Topliss-reactive ketones (excluding diaryl/α,β-unsaturated/α-hetero) is 1. The van der Waals surface area contributed by atoms with Gasteiger partial charge in [0, 0.05) is 17.8 Å². The topological polar surface area (TPSA) is 26.3 Å². The molecule has 0 aromatic rings. The van der Waals surface area contributed by atoms with Crippen LogP contribution in [-0.4, -0.2) is 17.5 Å². The van der Waals surface area contributed by atoms with Gasteiger partial charge < -0.3 is 4.74 Å². The second-order valence-corrected chi connectivity index (χ2v) is 5.40. The molecule has 0 radical (unpaired) electrons. The fraction of sp³-hybridized carbons (Fsp3) is 0.909. The van der Waals surface area contributed by atoms with Gasteiger partial charge >= 0.3 is 0 Å². The van der Waals surface area contributed by atoms with Crippen LogP contribution in [0.4, 0.5) is 0 Å². The van der Waals surface area contributed by atoms with Crippen molar-refractivity contribution in [2.45, 2.75) is 37.9 Å². The van der Waals surface area contributed by atoms with Gasteiger partial charge in [-0.2, -0.15) is 0 Å². The summed E-state index contributed by atoms with van der Waals surface area (Å²) in [6, 6.07) is 0. The lowest BCUT2D eigenvalue weighted by Crippen LogP contribution is -2.47. The Morgan fingerprint density at radius 3 is 3.00 bits per heavy atom. The molecule has 0 N–H and O–H groups in total. The van der Waals surface area contributed by atoms with Gasteiger partial charge in [0.2, 0.25) is 0 Å². The van der Waals surface area contributed by atoms with Crippen LogP contribution in [0.2, 0.25) is 0 Å². The summed E-state index contributed by atoms with van der Waals surface area (Å²) in [7, 11) is 0. The standard InChI is InChI=1S/C11H14O2/c1-11-6-2-3-7(11)9-8(13-11)4-5(6)10(9)12/h5-9H,2-4H2,1H3. The highest BCUT2D eigenvalue weighted by Crippen LogP contribution is 2.66. The Balaban J connectivity index is 1.97. The van der Waals surface area contributed by atoms with Crippen molar-refractivity contribution in [2.24, 2.45) is 23.7 Å². The molecule has 2 heterocycles. The molecule has 2 saturated heterocycles. The summed E-state index contributed by atoms with van der Waals surface area (Å²) in [6.45, 7) is 2.25. The quantitative estimate of drug-likeness (QED) is 0.560. The van der Waals surface area contributed by atoms with E-state index in [0.29, 0.717) is 35.6 Å². The minimum absolute atomic E-state index is 0.103. The Morgan fingerprint density at radius 1 is 1.38 bits per heavy atom. The lowest BCUT2D eigenvalue weighted by molar-refractivity contribution is -0.141. The van der Waals surface area contributed by atoms with Crippen LogP contribution in [0.1, 0.15) is 26.2 Å². The predicted molar refractivity (Wildman–Crippen MR) is 46.1 cm³/mol. The van der Waals surface area contributed by atoms with E-state index in [1.165, 1.54) is 12.8 Å². The van der Waals surface area contributed by atoms with Crippen molar-refractivity contribution in [1.82, 2.24) is 0 Å². The second-order valence-electron chi connectivity index (χ2n) is 5.40. The van der Waals surface area contributed by atoms with Crippen LogP contribution in [0.25, 0.3) is 0 Å². The smallest absolute Gasteiger partial charge is 0.142 e. The van der Waals surface area contributed by atoms with E-state index in [2.05, 4.69) is 6.92 Å². The number of carbonyl (C=O) groups is 1. The first-order valence-electron chi connectivity index (χ1n) is 5.43. The molecule has 3 saturated carbocycles. The zero-order chi connectivity index (χ0) is 8.79. The van der Waals surface area contributed by atoms with E-state index in [4.69, 9.17) is 4.74 Å². The Hall–Kier alpha value is -0.370. The summed E-state index contributed by atoms with van der Waals surface area (Å²) in [5.74, 6) is 2.38. The maximum absolute atomic E-state index is 11.9. The fourth-order valence-corrected chi connectivity index (χ4v) is 4.73. The number of hydrogen-bond donors (Lipinski definition) is 0. The maximum Gasteiger partial charge on any atom is 0.142 e. The average molecular weight is 178 g/mol. The molecule has 0 amide bonds. The maximum atomic E-state index is 11.9. The van der Waals surface area contributed by atoms with Crippen LogP contribution in [-0.2, 0) is 9.53 Å². The molecule has 0 aromatic carbocycles. The van der Waals surface area contributed by atoms with E-state index in [0.717, 1.165) is 6.42 Å². The van der Waals surface area contributed by atoms with E-state index < -0.39 is 0 Å². The lowest BCUT2D eigenvalue weighted by Gasteiger charge is -2.40. The largest absolute Gasteiger partial charge is 0.371 e. The zero-order valence-corrected chi connectivity index (χ0v) is 7.82. The zero-order valence-electron chi connectivity index (χ0n) is 7.82. The highest BCUT2D eigenvalue weighted by Gasteiger charge is 2.72. The van der Waals surface area contributed by atoms with Crippen molar-refractivity contribution >= 4 is 5.78 Å². The molecular weight excluding hydrogens is 164 g/mol. The molecule has 3 aliphatic carbocycles. The van der Waals surface area contributed by atoms with E-state index in [1.54, 1.807) is 0 Å². The van der Waals surface area contributed by atoms with Gasteiger partial charge in [-0.25, -0.2) is 0 Å². The normalized spacial score (nSPS) is 66.8. The molecule has 2 nitrogen and oxygen atoms in total. The highest BCUT2D eigenvalue weighted by atomic mass is 16.5. The van der Waals surface area contributed by atoms with Crippen LogP contribution < -0.4 is 0 Å². The van der Waals surface area contributed by atoms with Crippen molar-refractivity contribution in [3.8, 4) is 0 Å². The van der Waals surface area contributed by atoms with Gasteiger partial charge in [-0.3, -0.25) is 4.79 Å². The molecule has 5 aliphatic rings. The van der Waals surface area contributed by atoms with Gasteiger partial charge in [0.05, 0.1) is 11.7 Å². The van der Waals surface area contributed by atoms with Gasteiger partial charge in [-0.1, -0.05) is 0 Å². The van der Waals surface area contributed by atoms with Gasteiger partial charge in [-0.15, -0.1) is 0 Å². The van der Waals surface area contributed by atoms with E-state index in [-0.39, 0.29) is 5.60 Å². The summed E-state index contributed by atoms with van der Waals surface area (Å²) >= 11 is 0. The average Bonchev–Trinajstić information content (AvgIpc) is 2.51. The number of rotatable bonds is 0. The molecule has 70 valence electrons. The first kappa shape index (κ1) is 6.99. The third kappa shape index (κ3) is 0.518. The number of carbonyl (C=O) groups excluding carboxylic acids is 1. The van der Waals surface area contributed by atoms with Crippen molar-refractivity contribution in [2.75, 3.05) is 0 Å². The van der Waals surface area contributed by atoms with Gasteiger partial charge in [-0.05, 0) is 32.1 Å². The number of ether oxygens (including phenoxy) is 1. The summed E-state index contributed by atoms with van der Waals surface area (Å²) < 4.78 is 6.08. The Kier molecular flexibility index (Phi) is 0.926.